The van der Waals surface area contributed by atoms with E-state index in [0.29, 0.717) is 26.1 Å². The number of benzene rings is 1. The number of hydrogen-bond donors (Lipinski definition) is 2. The predicted octanol–water partition coefficient (Wildman–Crippen LogP) is 2.80. The maximum Gasteiger partial charge on any atom is 0.222 e. The standard InChI is InChI=1S/C16H20N2O3/c1-2-20-14-7-5-13(6-8-14)17-10-9-16(19)18-12-15-4-3-11-21-15/h3-8,11,17H,2,9-10,12H2,1H3,(H,18,19). The van der Waals surface area contributed by atoms with E-state index in [2.05, 4.69) is 10.6 Å². The molecule has 0 atom stereocenters. The van der Waals surface area contributed by atoms with Gasteiger partial charge in [0.05, 0.1) is 19.4 Å². The molecule has 0 aliphatic heterocycles. The van der Waals surface area contributed by atoms with Gasteiger partial charge < -0.3 is 19.8 Å². The van der Waals surface area contributed by atoms with E-state index in [0.717, 1.165) is 17.2 Å². The van der Waals surface area contributed by atoms with E-state index in [1.807, 2.05) is 37.3 Å². The van der Waals surface area contributed by atoms with E-state index in [1.165, 1.54) is 0 Å². The molecule has 0 saturated carbocycles. The van der Waals surface area contributed by atoms with E-state index < -0.39 is 0 Å². The van der Waals surface area contributed by atoms with Crippen molar-refractivity contribution >= 4 is 11.6 Å². The molecule has 1 aromatic heterocycles. The van der Waals surface area contributed by atoms with Crippen LogP contribution in [0.5, 0.6) is 5.75 Å². The zero-order chi connectivity index (χ0) is 14.9. The van der Waals surface area contributed by atoms with Gasteiger partial charge in [-0.3, -0.25) is 4.79 Å². The minimum Gasteiger partial charge on any atom is -0.494 e. The van der Waals surface area contributed by atoms with Crippen LogP contribution in [0.25, 0.3) is 0 Å². The lowest BCUT2D eigenvalue weighted by atomic mass is 10.3. The summed E-state index contributed by atoms with van der Waals surface area (Å²) in [6.07, 6.45) is 2.00. The van der Waals surface area contributed by atoms with Crippen LogP contribution in [0.4, 0.5) is 5.69 Å². The fraction of sp³-hybridized carbons (Fsp3) is 0.312. The van der Waals surface area contributed by atoms with Gasteiger partial charge in [0.1, 0.15) is 11.5 Å². The van der Waals surface area contributed by atoms with Gasteiger partial charge in [-0.25, -0.2) is 0 Å². The highest BCUT2D eigenvalue weighted by Gasteiger charge is 2.02. The van der Waals surface area contributed by atoms with Gasteiger partial charge >= 0.3 is 0 Å². The molecule has 2 N–H and O–H groups in total. The Bertz CT molecular complexity index is 535. The van der Waals surface area contributed by atoms with Crippen LogP contribution in [0, 0.1) is 0 Å². The summed E-state index contributed by atoms with van der Waals surface area (Å²) in [4.78, 5) is 11.7. The largest absolute Gasteiger partial charge is 0.494 e. The lowest BCUT2D eigenvalue weighted by molar-refractivity contribution is -0.121. The van der Waals surface area contributed by atoms with Gasteiger partial charge in [-0.2, -0.15) is 0 Å². The van der Waals surface area contributed by atoms with Gasteiger partial charge in [-0.15, -0.1) is 0 Å². The number of hydrogen-bond acceptors (Lipinski definition) is 4. The van der Waals surface area contributed by atoms with Crippen molar-refractivity contribution in [1.29, 1.82) is 0 Å². The molecule has 1 heterocycles. The van der Waals surface area contributed by atoms with Crippen LogP contribution in [0.15, 0.2) is 47.1 Å². The number of anilines is 1. The zero-order valence-electron chi connectivity index (χ0n) is 12.1. The van der Waals surface area contributed by atoms with Crippen LogP contribution in [-0.2, 0) is 11.3 Å². The van der Waals surface area contributed by atoms with E-state index >= 15 is 0 Å². The second-order valence-electron chi connectivity index (χ2n) is 4.49. The van der Waals surface area contributed by atoms with Crippen LogP contribution in [0.1, 0.15) is 19.1 Å². The third-order valence-corrected chi connectivity index (χ3v) is 2.89. The van der Waals surface area contributed by atoms with Gasteiger partial charge in [0.2, 0.25) is 5.91 Å². The molecule has 2 aromatic rings. The van der Waals surface area contributed by atoms with Crippen molar-refractivity contribution in [3.63, 3.8) is 0 Å². The van der Waals surface area contributed by atoms with Gasteiger partial charge in [-0.05, 0) is 43.3 Å². The number of carbonyl (C=O) groups is 1. The molecule has 0 saturated heterocycles. The summed E-state index contributed by atoms with van der Waals surface area (Å²) in [7, 11) is 0. The maximum absolute atomic E-state index is 11.7. The lowest BCUT2D eigenvalue weighted by Gasteiger charge is -2.08. The second kappa shape index (κ2) is 7.99. The van der Waals surface area contributed by atoms with Crippen LogP contribution in [0.3, 0.4) is 0 Å². The van der Waals surface area contributed by atoms with E-state index in [9.17, 15) is 4.79 Å². The monoisotopic (exact) mass is 288 g/mol. The number of furan rings is 1. The Morgan fingerprint density at radius 1 is 1.24 bits per heavy atom. The Morgan fingerprint density at radius 2 is 2.05 bits per heavy atom. The Kier molecular flexibility index (Phi) is 5.70. The Labute approximate surface area is 124 Å². The minimum atomic E-state index is -0.00941. The first-order valence-corrected chi connectivity index (χ1v) is 7.03. The molecule has 0 bridgehead atoms. The van der Waals surface area contributed by atoms with Crippen molar-refractivity contribution in [2.45, 2.75) is 19.9 Å². The molecule has 5 heteroatoms. The van der Waals surface area contributed by atoms with Gasteiger partial charge in [0.25, 0.3) is 0 Å². The van der Waals surface area contributed by atoms with E-state index in [1.54, 1.807) is 12.3 Å². The lowest BCUT2D eigenvalue weighted by Crippen LogP contribution is -2.24. The van der Waals surface area contributed by atoms with Gasteiger partial charge in [0, 0.05) is 18.7 Å². The molecule has 1 amide bonds. The second-order valence-corrected chi connectivity index (χ2v) is 4.49. The Hall–Kier alpha value is -2.43. The van der Waals surface area contributed by atoms with Crippen LogP contribution in [0.2, 0.25) is 0 Å². The highest BCUT2D eigenvalue weighted by molar-refractivity contribution is 5.76. The minimum absolute atomic E-state index is 0.00941. The fourth-order valence-corrected chi connectivity index (χ4v) is 1.84. The molecule has 0 spiro atoms. The smallest absolute Gasteiger partial charge is 0.222 e. The molecule has 1 aromatic carbocycles. The molecule has 0 aliphatic rings. The van der Waals surface area contributed by atoms with Crippen molar-refractivity contribution in [2.24, 2.45) is 0 Å². The quantitative estimate of drug-likeness (QED) is 0.784. The number of nitrogens with one attached hydrogen (secondary N) is 2. The Morgan fingerprint density at radius 3 is 2.71 bits per heavy atom. The maximum atomic E-state index is 11.7. The highest BCUT2D eigenvalue weighted by atomic mass is 16.5. The third kappa shape index (κ3) is 5.22. The fourth-order valence-electron chi connectivity index (χ4n) is 1.84. The SMILES string of the molecule is CCOc1ccc(NCCC(=O)NCc2ccco2)cc1. The van der Waals surface area contributed by atoms with Gasteiger partial charge in [0.15, 0.2) is 0 Å². The summed E-state index contributed by atoms with van der Waals surface area (Å²) in [6, 6.07) is 11.3. The van der Waals surface area contributed by atoms with Crippen molar-refractivity contribution in [3.05, 3.63) is 48.4 Å². The predicted molar refractivity (Wildman–Crippen MR) is 81.3 cm³/mol. The molecule has 0 fully saturated rings. The summed E-state index contributed by atoms with van der Waals surface area (Å²) in [5, 5.41) is 6.00. The summed E-state index contributed by atoms with van der Waals surface area (Å²) in [6.45, 7) is 3.61. The number of amides is 1. The zero-order valence-corrected chi connectivity index (χ0v) is 12.1. The summed E-state index contributed by atoms with van der Waals surface area (Å²) in [5.41, 5.74) is 0.970. The average Bonchev–Trinajstić information content (AvgIpc) is 3.01. The first-order valence-electron chi connectivity index (χ1n) is 7.03. The first kappa shape index (κ1) is 15.0. The first-order chi connectivity index (χ1) is 10.3. The van der Waals surface area contributed by atoms with Crippen molar-refractivity contribution in [1.82, 2.24) is 5.32 Å². The molecule has 0 aliphatic carbocycles. The molecular formula is C16H20N2O3. The van der Waals surface area contributed by atoms with Crippen LogP contribution in [-0.4, -0.2) is 19.1 Å². The van der Waals surface area contributed by atoms with Crippen molar-refractivity contribution in [3.8, 4) is 5.75 Å². The number of carbonyl (C=O) groups excluding carboxylic acids is 1. The van der Waals surface area contributed by atoms with E-state index in [-0.39, 0.29) is 5.91 Å². The van der Waals surface area contributed by atoms with Crippen LogP contribution >= 0.6 is 0 Å². The topological polar surface area (TPSA) is 63.5 Å². The highest BCUT2D eigenvalue weighted by Crippen LogP contribution is 2.15. The molecule has 5 nitrogen and oxygen atoms in total. The molecular weight excluding hydrogens is 268 g/mol. The normalized spacial score (nSPS) is 10.1. The summed E-state index contributed by atoms with van der Waals surface area (Å²) in [5.74, 6) is 1.59. The van der Waals surface area contributed by atoms with Crippen molar-refractivity contribution < 1.29 is 13.9 Å². The molecule has 112 valence electrons. The number of ether oxygens (including phenoxy) is 1. The molecule has 0 radical (unpaired) electrons. The molecule has 0 unspecified atom stereocenters. The van der Waals surface area contributed by atoms with Crippen LogP contribution < -0.4 is 15.4 Å². The average molecular weight is 288 g/mol. The van der Waals surface area contributed by atoms with Crippen molar-refractivity contribution in [2.75, 3.05) is 18.5 Å². The summed E-state index contributed by atoms with van der Waals surface area (Å²) < 4.78 is 10.5. The van der Waals surface area contributed by atoms with Gasteiger partial charge in [-0.1, -0.05) is 0 Å². The Balaban J connectivity index is 1.65. The third-order valence-electron chi connectivity index (χ3n) is 2.89. The number of rotatable bonds is 8. The summed E-state index contributed by atoms with van der Waals surface area (Å²) >= 11 is 0. The molecule has 21 heavy (non-hydrogen) atoms. The molecule has 2 rings (SSSR count). The van der Waals surface area contributed by atoms with E-state index in [4.69, 9.17) is 9.15 Å².